The summed E-state index contributed by atoms with van der Waals surface area (Å²) < 4.78 is 31.9. The first kappa shape index (κ1) is 51.3. The monoisotopic (exact) mass is 864 g/mol. The van der Waals surface area contributed by atoms with Crippen LogP contribution < -0.4 is 16.4 Å². The zero-order chi connectivity index (χ0) is 44.1. The number of fused-ring (bicyclic) bond motifs is 1. The summed E-state index contributed by atoms with van der Waals surface area (Å²) in [6.07, 6.45) is 11.4. The summed E-state index contributed by atoms with van der Waals surface area (Å²) in [6.45, 7) is 17.3. The molecule has 4 amide bonds. The number of ether oxygens (including phenoxy) is 5. The number of hydrogen-bond acceptors (Lipinski definition) is 12. The molecule has 1 fully saturated rings. The quantitative estimate of drug-likeness (QED) is 0.0764. The molecule has 3 rings (SSSR count). The zero-order valence-corrected chi connectivity index (χ0v) is 38.3. The van der Waals surface area contributed by atoms with E-state index >= 15 is 0 Å². The van der Waals surface area contributed by atoms with E-state index in [0.717, 1.165) is 62.8 Å². The summed E-state index contributed by atoms with van der Waals surface area (Å²) in [7, 11) is 0. The molecule has 18 heteroatoms. The van der Waals surface area contributed by atoms with Gasteiger partial charge in [-0.1, -0.05) is 18.1 Å². The van der Waals surface area contributed by atoms with Gasteiger partial charge in [-0.15, -0.1) is 5.10 Å². The van der Waals surface area contributed by atoms with E-state index in [2.05, 4.69) is 34.8 Å². The molecule has 16 nitrogen and oxygen atoms in total. The third kappa shape index (κ3) is 19.8. The van der Waals surface area contributed by atoms with Crippen LogP contribution >= 0.6 is 12.1 Å². The molecule has 3 unspecified atom stereocenters. The molecule has 4 atom stereocenters. The topological polar surface area (TPSA) is 198 Å². The van der Waals surface area contributed by atoms with Crippen molar-refractivity contribution in [2.45, 2.75) is 180 Å². The van der Waals surface area contributed by atoms with Crippen LogP contribution in [0.4, 0.5) is 4.79 Å². The first-order valence-electron chi connectivity index (χ1n) is 22.2. The minimum Gasteiger partial charge on any atom is -0.368 e. The first-order valence-corrected chi connectivity index (χ1v) is 22.6. The number of carbonyl (C=O) groups excluding carboxylic acids is 4. The third-order valence-corrected chi connectivity index (χ3v) is 11.2. The maximum Gasteiger partial charge on any atom is 0.239 e. The summed E-state index contributed by atoms with van der Waals surface area (Å²) in [6, 6.07) is -1.03. The molecule has 1 aromatic heterocycles. The fourth-order valence-corrected chi connectivity index (χ4v) is 7.56. The summed E-state index contributed by atoms with van der Waals surface area (Å²) in [5.41, 5.74) is 6.70. The predicted molar refractivity (Wildman–Crippen MR) is 232 cm³/mol. The second-order valence-electron chi connectivity index (χ2n) is 17.9. The van der Waals surface area contributed by atoms with Gasteiger partial charge in [0.15, 0.2) is 0 Å². The van der Waals surface area contributed by atoms with Gasteiger partial charge in [0.05, 0.1) is 30.1 Å². The second-order valence-corrected chi connectivity index (χ2v) is 18.1. The van der Waals surface area contributed by atoms with Gasteiger partial charge < -0.3 is 25.8 Å². The van der Waals surface area contributed by atoms with Crippen LogP contribution in [0.25, 0.3) is 0 Å². The smallest absolute Gasteiger partial charge is 0.239 e. The van der Waals surface area contributed by atoms with Gasteiger partial charge in [-0.05, 0) is 72.6 Å². The molecule has 340 valence electrons. The van der Waals surface area contributed by atoms with Crippen molar-refractivity contribution >= 4 is 42.0 Å². The van der Waals surface area contributed by atoms with Crippen LogP contribution in [-0.4, -0.2) is 125 Å². The number of rotatable bonds is 27. The standard InChI is InChI=1S/C42H74BN7O9S/c1-30(2)27-32-28-49(29-36(43-60)59-32)40(54)56-24-14-13-23-55-35-17-10-8-9-16-34-38(35)47-48-50(34)22-12-11-15-33(39(44)53)46-37(52)18-19-41(4,5)57-25-20-42(6,7)58-26-21-45-31(3)51/h30,32-33,35-36H,8-29H2,1-7H3,(H2,44,53)(H,45,51)(H,46,52)/t32?,33-,35?,36?/m0/s1. The van der Waals surface area contributed by atoms with Crippen molar-refractivity contribution in [1.29, 1.82) is 0 Å². The van der Waals surface area contributed by atoms with E-state index in [-0.39, 0.29) is 42.5 Å². The van der Waals surface area contributed by atoms with Gasteiger partial charge in [0.2, 0.25) is 17.7 Å². The van der Waals surface area contributed by atoms with Crippen LogP contribution in [0.1, 0.15) is 149 Å². The predicted octanol–water partition coefficient (Wildman–Crippen LogP) is 5.30. The van der Waals surface area contributed by atoms with Crippen molar-refractivity contribution in [3.05, 3.63) is 11.4 Å². The molecule has 1 aliphatic heterocycles. The summed E-state index contributed by atoms with van der Waals surface area (Å²) in [5.74, 6) is -0.443. The van der Waals surface area contributed by atoms with E-state index in [0.29, 0.717) is 90.6 Å². The van der Waals surface area contributed by atoms with E-state index in [1.165, 1.54) is 6.92 Å². The van der Waals surface area contributed by atoms with Gasteiger partial charge in [0.1, 0.15) is 6.04 Å². The fraction of sp³-hybridized carbons (Fsp3) is 0.857. The number of hydrogen-bond donors (Lipinski definition) is 3. The summed E-state index contributed by atoms with van der Waals surface area (Å²) in [4.78, 5) is 50.8. The van der Waals surface area contributed by atoms with E-state index in [1.807, 2.05) is 32.4 Å². The maximum absolute atomic E-state index is 12.9. The molecule has 2 heterocycles. The van der Waals surface area contributed by atoms with E-state index in [9.17, 15) is 19.2 Å². The SMILES string of the molecule is CC(=O)NCCOC(C)(C)CCOC(C)(C)CCC(=O)N[C@@H](CCCCn1nnc2c1CCCCCC2OCCCCOC(=O)N1CC(B=S)OC(CC(C)C)C1)C(N)=O. The molecular formula is C42H74BN7O9S. The Hall–Kier alpha value is -3.06. The minimum atomic E-state index is -0.765. The Balaban J connectivity index is 1.37. The van der Waals surface area contributed by atoms with Gasteiger partial charge >= 0.3 is 144 Å². The molecule has 60 heavy (non-hydrogen) atoms. The number of carbonyl (C=O) groups is 4. The largest absolute Gasteiger partial charge is 0.368 e. The molecule has 1 aliphatic carbocycles. The van der Waals surface area contributed by atoms with E-state index < -0.39 is 23.2 Å². The van der Waals surface area contributed by atoms with Gasteiger partial charge in [-0.3, -0.25) is 14.4 Å². The minimum absolute atomic E-state index is 0.0492. The maximum atomic E-state index is 12.9. The van der Waals surface area contributed by atoms with Crippen LogP contribution in [-0.2, 0) is 51.0 Å². The Morgan fingerprint density at radius 2 is 1.70 bits per heavy atom. The number of morpholine rings is 1. The first-order chi connectivity index (χ1) is 28.5. The molecule has 0 aromatic carbocycles. The van der Waals surface area contributed by atoms with Crippen LogP contribution in [0.3, 0.4) is 0 Å². The Bertz CT molecular complexity index is 1500. The van der Waals surface area contributed by atoms with Gasteiger partial charge in [-0.25, -0.2) is 4.68 Å². The van der Waals surface area contributed by atoms with Gasteiger partial charge in [-0.2, -0.15) is 0 Å². The normalized spacial score (nSPS) is 19.1. The second kappa shape index (κ2) is 26.4. The molecule has 0 radical (unpaired) electrons. The number of nitrogens with zero attached hydrogens (tertiary/aromatic N) is 4. The molecule has 0 saturated carbocycles. The Labute approximate surface area is 363 Å². The van der Waals surface area contributed by atoms with Gasteiger partial charge in [0, 0.05) is 26.4 Å². The molecule has 1 saturated heterocycles. The molecule has 0 spiro atoms. The van der Waals surface area contributed by atoms with Crippen LogP contribution in [0.15, 0.2) is 0 Å². The molecule has 2 aliphatic rings. The molecule has 4 N–H and O–H groups in total. The number of nitrogens with one attached hydrogen (secondary N) is 2. The number of amides is 4. The average Bonchev–Trinajstić information content (AvgIpc) is 3.56. The zero-order valence-electron chi connectivity index (χ0n) is 37.5. The molecule has 1 aromatic rings. The van der Waals surface area contributed by atoms with Crippen molar-refractivity contribution in [2.24, 2.45) is 11.7 Å². The van der Waals surface area contributed by atoms with Gasteiger partial charge in [0.25, 0.3) is 0 Å². The van der Waals surface area contributed by atoms with Crippen molar-refractivity contribution in [1.82, 2.24) is 30.5 Å². The number of primary amides is 1. The summed E-state index contributed by atoms with van der Waals surface area (Å²) >= 11 is 5.11. The third-order valence-electron chi connectivity index (χ3n) is 10.9. The van der Waals surface area contributed by atoms with Crippen molar-refractivity contribution in [3.63, 3.8) is 0 Å². The Morgan fingerprint density at radius 3 is 2.42 bits per heavy atom. The number of aromatic nitrogens is 3. The van der Waals surface area contributed by atoms with E-state index in [1.54, 1.807) is 11.1 Å². The molecular weight excluding hydrogens is 789 g/mol. The number of nitrogens with two attached hydrogens (primary N) is 1. The molecule has 0 bridgehead atoms. The average molecular weight is 864 g/mol. The Kier molecular flexibility index (Phi) is 22.6. The van der Waals surface area contributed by atoms with Crippen LogP contribution in [0, 0.1) is 5.92 Å². The van der Waals surface area contributed by atoms with Crippen molar-refractivity contribution < 1.29 is 42.9 Å². The fourth-order valence-electron chi connectivity index (χ4n) is 7.41. The van der Waals surface area contributed by atoms with E-state index in [4.69, 9.17) is 41.5 Å². The van der Waals surface area contributed by atoms with Crippen LogP contribution in [0.2, 0.25) is 0 Å². The number of unbranched alkanes of at least 4 members (excludes halogenated alkanes) is 2. The van der Waals surface area contributed by atoms with Crippen molar-refractivity contribution in [2.75, 3.05) is 46.1 Å². The summed E-state index contributed by atoms with van der Waals surface area (Å²) in [5, 5.41) is 14.6. The Morgan fingerprint density at radius 1 is 0.967 bits per heavy atom. The van der Waals surface area contributed by atoms with Crippen LogP contribution in [0.5, 0.6) is 0 Å². The van der Waals surface area contributed by atoms with Crippen molar-refractivity contribution in [3.8, 4) is 0 Å². The number of aryl methyl sites for hydroxylation is 1.